The third-order valence-corrected chi connectivity index (χ3v) is 27.3. The lowest BCUT2D eigenvalue weighted by Gasteiger charge is -2.21. The van der Waals surface area contributed by atoms with Crippen molar-refractivity contribution in [1.29, 1.82) is 10.5 Å². The minimum Gasteiger partial charge on any atom is -0.309 e. The highest BCUT2D eigenvalue weighted by Gasteiger charge is 2.31. The molecule has 25 aromatic rings. The van der Waals surface area contributed by atoms with Gasteiger partial charge in [0.25, 0.3) is 0 Å². The topological polar surface area (TPSA) is 170 Å². The first-order chi connectivity index (χ1) is 68.9. The molecule has 0 unspecified atom stereocenters. The van der Waals surface area contributed by atoms with Crippen LogP contribution >= 0.6 is 0 Å². The third kappa shape index (κ3) is 14.6. The van der Waals surface area contributed by atoms with Crippen LogP contribution in [-0.4, -0.2) is 58.1 Å². The molecule has 0 bridgehead atoms. The van der Waals surface area contributed by atoms with Crippen molar-refractivity contribution in [3.8, 4) is 159 Å². The molecule has 8 aromatic heterocycles. The SMILES string of the molecule is Cc1cc(C)cc(-c2ccc3c(c2)c2cc(-c4cc(C)cc(CCc5cc(C)cc(-c6ccc7c(c6)c6ccccc6n7-c6c(-c7nc(-c8ccccc8)nc(-c8ccccc8)n7)cc(C#N)cc6-c6cnccc6-n6c7ccccc7c7ccccc76)c5)c4)ccc2n3-c2c(-c3nc(-c4ccccc4)nc(-c4ccccc4)n3)cc(C#N)cc2-c2cnccc2-n2c3ccccc3c3ccccc32)c1. The maximum absolute atomic E-state index is 11.6. The highest BCUT2D eigenvalue weighted by molar-refractivity contribution is 6.16. The number of para-hydroxylation sites is 5. The molecule has 658 valence electrons. The van der Waals surface area contributed by atoms with Crippen LogP contribution in [0.1, 0.15) is 44.5 Å². The number of benzene rings is 17. The van der Waals surface area contributed by atoms with E-state index in [4.69, 9.17) is 39.9 Å². The summed E-state index contributed by atoms with van der Waals surface area (Å²) >= 11 is 0. The predicted molar refractivity (Wildman–Crippen MR) is 568 cm³/mol. The second-order valence-corrected chi connectivity index (χ2v) is 36.3. The number of nitriles is 2. The lowest BCUT2D eigenvalue weighted by molar-refractivity contribution is 0.957. The fraction of sp³-hybridized carbons (Fsp3) is 0.0476. The summed E-state index contributed by atoms with van der Waals surface area (Å²) in [6.07, 6.45) is 9.15. The van der Waals surface area contributed by atoms with E-state index in [9.17, 15) is 10.5 Å². The van der Waals surface area contributed by atoms with Gasteiger partial charge >= 0.3 is 0 Å². The van der Waals surface area contributed by atoms with Gasteiger partial charge in [0.15, 0.2) is 34.9 Å². The lowest BCUT2D eigenvalue weighted by Crippen LogP contribution is -2.07. The Hall–Kier alpha value is -18.8. The Balaban J connectivity index is 0.627. The number of pyridine rings is 2. The van der Waals surface area contributed by atoms with E-state index in [1.807, 2.05) is 170 Å². The third-order valence-electron chi connectivity index (χ3n) is 27.3. The number of aryl methyl sites for hydroxylation is 6. The second kappa shape index (κ2) is 34.3. The molecule has 0 N–H and O–H groups in total. The Morgan fingerprint density at radius 1 is 0.214 bits per heavy atom. The van der Waals surface area contributed by atoms with Gasteiger partial charge in [-0.2, -0.15) is 10.5 Å². The van der Waals surface area contributed by atoms with E-state index in [2.05, 4.69) is 301 Å². The fourth-order valence-electron chi connectivity index (χ4n) is 21.2. The molecule has 0 amide bonds. The summed E-state index contributed by atoms with van der Waals surface area (Å²) in [5, 5.41) is 31.7. The van der Waals surface area contributed by atoms with E-state index < -0.39 is 0 Å². The summed E-state index contributed by atoms with van der Waals surface area (Å²) in [6.45, 7) is 8.75. The zero-order valence-corrected chi connectivity index (χ0v) is 76.9. The van der Waals surface area contributed by atoms with Crippen LogP contribution in [0.5, 0.6) is 0 Å². The van der Waals surface area contributed by atoms with Gasteiger partial charge in [-0.25, -0.2) is 29.9 Å². The second-order valence-electron chi connectivity index (χ2n) is 36.3. The normalized spacial score (nSPS) is 11.6. The van der Waals surface area contributed by atoms with Crippen LogP contribution in [0, 0.1) is 50.4 Å². The maximum atomic E-state index is 11.6. The molecule has 0 atom stereocenters. The van der Waals surface area contributed by atoms with E-state index in [1.54, 1.807) is 0 Å². The van der Waals surface area contributed by atoms with Gasteiger partial charge in [0, 0.05) is 124 Å². The molecule has 140 heavy (non-hydrogen) atoms. The van der Waals surface area contributed by atoms with Gasteiger partial charge in [-0.3, -0.25) is 9.97 Å². The molecule has 0 aliphatic carbocycles. The maximum Gasteiger partial charge on any atom is 0.166 e. The molecule has 0 saturated carbocycles. The predicted octanol–water partition coefficient (Wildman–Crippen LogP) is 30.3. The van der Waals surface area contributed by atoms with Crippen molar-refractivity contribution >= 4 is 87.2 Å². The first-order valence-electron chi connectivity index (χ1n) is 47.1. The van der Waals surface area contributed by atoms with Gasteiger partial charge in [-0.05, 0) is 188 Å². The highest BCUT2D eigenvalue weighted by atomic mass is 15.1. The number of nitrogens with zero attached hydrogens (tertiary/aromatic N) is 14. The molecule has 0 fully saturated rings. The molecular weight excluding hydrogens is 1710 g/mol. The fourth-order valence-corrected chi connectivity index (χ4v) is 21.2. The summed E-state index contributed by atoms with van der Waals surface area (Å²) in [5.74, 6) is 2.79. The van der Waals surface area contributed by atoms with Gasteiger partial charge in [-0.1, -0.05) is 307 Å². The summed E-state index contributed by atoms with van der Waals surface area (Å²) < 4.78 is 9.40. The van der Waals surface area contributed by atoms with E-state index >= 15 is 0 Å². The van der Waals surface area contributed by atoms with Crippen LogP contribution in [0.2, 0.25) is 0 Å². The average Bonchev–Trinajstić information content (AvgIpc) is 1.56. The van der Waals surface area contributed by atoms with Crippen molar-refractivity contribution in [2.24, 2.45) is 0 Å². The molecule has 0 aliphatic rings. The lowest BCUT2D eigenvalue weighted by atomic mass is 9.93. The molecule has 17 aromatic carbocycles. The van der Waals surface area contributed by atoms with Crippen molar-refractivity contribution < 1.29 is 0 Å². The smallest absolute Gasteiger partial charge is 0.166 e. The zero-order valence-electron chi connectivity index (χ0n) is 76.9. The van der Waals surface area contributed by atoms with Gasteiger partial charge < -0.3 is 18.3 Å². The molecule has 0 saturated heterocycles. The van der Waals surface area contributed by atoms with Crippen molar-refractivity contribution in [3.05, 3.63) is 458 Å². The van der Waals surface area contributed by atoms with E-state index in [0.29, 0.717) is 57.2 Å². The first-order valence-corrected chi connectivity index (χ1v) is 47.1. The molecule has 8 heterocycles. The van der Waals surface area contributed by atoms with Gasteiger partial charge in [0.05, 0.1) is 90.1 Å². The molecule has 0 radical (unpaired) electrons. The van der Waals surface area contributed by atoms with Crippen molar-refractivity contribution in [2.45, 2.75) is 40.5 Å². The Morgan fingerprint density at radius 3 is 0.821 bits per heavy atom. The van der Waals surface area contributed by atoms with Gasteiger partial charge in [0.2, 0.25) is 0 Å². The Morgan fingerprint density at radius 2 is 0.486 bits per heavy atom. The zero-order chi connectivity index (χ0) is 93.7. The van der Waals surface area contributed by atoms with Crippen LogP contribution < -0.4 is 0 Å². The Kier molecular flexibility index (Phi) is 20.4. The monoisotopic (exact) mass is 1790 g/mol. The molecule has 0 aliphatic heterocycles. The molecule has 0 spiro atoms. The number of hydrogen-bond donors (Lipinski definition) is 0. The average molecular weight is 1790 g/mol. The van der Waals surface area contributed by atoms with Crippen LogP contribution in [0.15, 0.2) is 413 Å². The summed E-state index contributed by atoms with van der Waals surface area (Å²) in [5.41, 5.74) is 33.5. The Labute approximate surface area is 807 Å². The molecular formula is C126H84N14. The van der Waals surface area contributed by atoms with Crippen LogP contribution in [0.25, 0.3) is 234 Å². The minimum atomic E-state index is 0.400. The van der Waals surface area contributed by atoms with E-state index in [1.165, 1.54) is 22.3 Å². The Bertz CT molecular complexity index is 9220. The summed E-state index contributed by atoms with van der Waals surface area (Å²) in [6, 6.07) is 142. The summed E-state index contributed by atoms with van der Waals surface area (Å²) in [4.78, 5) is 42.2. The number of fused-ring (bicyclic) bond motifs is 12. The van der Waals surface area contributed by atoms with Gasteiger partial charge in [-0.15, -0.1) is 0 Å². The van der Waals surface area contributed by atoms with E-state index in [0.717, 1.165) is 212 Å². The number of hydrogen-bond acceptors (Lipinski definition) is 10. The highest BCUT2D eigenvalue weighted by Crippen LogP contribution is 2.50. The van der Waals surface area contributed by atoms with Crippen molar-refractivity contribution in [1.82, 2.24) is 58.1 Å². The minimum absolute atomic E-state index is 0.400. The van der Waals surface area contributed by atoms with Crippen molar-refractivity contribution in [2.75, 3.05) is 0 Å². The molecule has 14 nitrogen and oxygen atoms in total. The standard InChI is InChI=1S/C126H84N14/c1-77-57-78(2)61-92(60-77)89-47-51-115-101(71-89)102-72-91(49-52-116(102)140(115)120-104(108-76-130-56-54-118(108)138-111-42-24-19-37-97(111)98-38-20-25-43-112(98)138)67-84(74-128)69-106(120)126-135-123(87-31-13-7-14-32-87)132-124(136-126)88-33-15-8-16-34-88)94-63-80(4)59-82(65-94)46-45-81-58-79(3)62-93(64-81)90-48-50-114-100(70-90)99-39-21-26-44-113(99)139(114)119-103(107-75-129-55-53-117(107)137-109-40-22-17-35-95(109)96-36-18-23-41-110(96)137)66-83(73-127)68-105(119)125-133-121(85-27-9-5-10-28-85)131-122(134-125)86-29-11-6-12-30-86/h5-44,47-72,75-76H,45-46H2,1-4H3. The van der Waals surface area contributed by atoms with Crippen molar-refractivity contribution in [3.63, 3.8) is 0 Å². The summed E-state index contributed by atoms with van der Waals surface area (Å²) in [7, 11) is 0. The largest absolute Gasteiger partial charge is 0.309 e. The number of aromatic nitrogens is 12. The number of rotatable bonds is 18. The van der Waals surface area contributed by atoms with E-state index in [-0.39, 0.29) is 0 Å². The molecule has 25 rings (SSSR count). The van der Waals surface area contributed by atoms with Crippen LogP contribution in [0.3, 0.4) is 0 Å². The molecule has 14 heteroatoms. The quantitative estimate of drug-likeness (QED) is 0.0805. The van der Waals surface area contributed by atoms with Crippen LogP contribution in [0.4, 0.5) is 0 Å². The first kappa shape index (κ1) is 83.1. The van der Waals surface area contributed by atoms with Crippen LogP contribution in [-0.2, 0) is 12.8 Å². The van der Waals surface area contributed by atoms with Gasteiger partial charge in [0.1, 0.15) is 0 Å².